The first-order valence-electron chi connectivity index (χ1n) is 7.08. The molecule has 2 aromatic rings. The highest BCUT2D eigenvalue weighted by atomic mass is 79.9. The monoisotopic (exact) mass is 344 g/mol. The van der Waals surface area contributed by atoms with E-state index in [-0.39, 0.29) is 5.91 Å². The number of aryl methyl sites for hydroxylation is 2. The summed E-state index contributed by atoms with van der Waals surface area (Å²) in [7, 11) is 0. The van der Waals surface area contributed by atoms with Crippen LogP contribution in [0.2, 0.25) is 0 Å². The third kappa shape index (κ3) is 3.10. The van der Waals surface area contributed by atoms with E-state index < -0.39 is 0 Å². The van der Waals surface area contributed by atoms with Crippen LogP contribution in [0.15, 0.2) is 40.9 Å². The van der Waals surface area contributed by atoms with Gasteiger partial charge in [-0.3, -0.25) is 4.79 Å². The summed E-state index contributed by atoms with van der Waals surface area (Å²) in [6, 6.07) is 11.7. The Labute approximate surface area is 132 Å². The first-order chi connectivity index (χ1) is 10.1. The molecule has 0 radical (unpaired) electrons. The Morgan fingerprint density at radius 3 is 2.90 bits per heavy atom. The standard InChI is InChI=1S/C17H17BrN2O/c1-11-9-13(18)4-6-15(11)17(21)20-14-5-7-16-12(10-14)3-2-8-19-16/h4-7,9-10,19H,2-3,8H2,1H3,(H,20,21). The number of halogens is 1. The zero-order valence-corrected chi connectivity index (χ0v) is 13.5. The van der Waals surface area contributed by atoms with Crippen LogP contribution in [-0.4, -0.2) is 12.5 Å². The average molecular weight is 345 g/mol. The molecule has 0 aliphatic carbocycles. The number of rotatable bonds is 2. The van der Waals surface area contributed by atoms with Gasteiger partial charge in [-0.05, 0) is 67.3 Å². The average Bonchev–Trinajstić information content (AvgIpc) is 2.47. The molecule has 2 N–H and O–H groups in total. The normalized spacial score (nSPS) is 13.2. The molecule has 1 heterocycles. The van der Waals surface area contributed by atoms with Crippen LogP contribution in [0.3, 0.4) is 0 Å². The zero-order chi connectivity index (χ0) is 14.8. The van der Waals surface area contributed by atoms with Crippen molar-refractivity contribution in [2.45, 2.75) is 19.8 Å². The number of anilines is 2. The Kier molecular flexibility index (Phi) is 3.97. The highest BCUT2D eigenvalue weighted by Gasteiger charge is 2.12. The molecule has 2 aromatic carbocycles. The summed E-state index contributed by atoms with van der Waals surface area (Å²) < 4.78 is 0.983. The summed E-state index contributed by atoms with van der Waals surface area (Å²) in [5, 5.41) is 6.36. The molecule has 3 nitrogen and oxygen atoms in total. The number of hydrogen-bond acceptors (Lipinski definition) is 2. The summed E-state index contributed by atoms with van der Waals surface area (Å²) >= 11 is 3.41. The molecule has 1 aliphatic heterocycles. The van der Waals surface area contributed by atoms with Gasteiger partial charge >= 0.3 is 0 Å². The molecular formula is C17H17BrN2O. The fourth-order valence-electron chi connectivity index (χ4n) is 2.63. The van der Waals surface area contributed by atoms with Gasteiger partial charge in [-0.1, -0.05) is 15.9 Å². The molecule has 0 bridgehead atoms. The molecule has 0 unspecified atom stereocenters. The van der Waals surface area contributed by atoms with Crippen molar-refractivity contribution in [2.75, 3.05) is 17.2 Å². The fourth-order valence-corrected chi connectivity index (χ4v) is 3.11. The number of fused-ring (bicyclic) bond motifs is 1. The fraction of sp³-hybridized carbons (Fsp3) is 0.235. The smallest absolute Gasteiger partial charge is 0.255 e. The molecule has 0 fully saturated rings. The second kappa shape index (κ2) is 5.90. The first kappa shape index (κ1) is 14.1. The number of carbonyl (C=O) groups is 1. The summed E-state index contributed by atoms with van der Waals surface area (Å²) in [4.78, 5) is 12.4. The van der Waals surface area contributed by atoms with Crippen LogP contribution in [0.4, 0.5) is 11.4 Å². The Morgan fingerprint density at radius 1 is 1.24 bits per heavy atom. The molecule has 0 atom stereocenters. The molecule has 1 aliphatic rings. The minimum absolute atomic E-state index is 0.0660. The van der Waals surface area contributed by atoms with Crippen LogP contribution in [0.25, 0.3) is 0 Å². The predicted molar refractivity (Wildman–Crippen MR) is 90.1 cm³/mol. The van der Waals surface area contributed by atoms with Crippen molar-refractivity contribution < 1.29 is 4.79 Å². The topological polar surface area (TPSA) is 41.1 Å². The number of carbonyl (C=O) groups excluding carboxylic acids is 1. The largest absolute Gasteiger partial charge is 0.385 e. The van der Waals surface area contributed by atoms with Gasteiger partial charge in [0.1, 0.15) is 0 Å². The van der Waals surface area contributed by atoms with Gasteiger partial charge in [0.05, 0.1) is 0 Å². The first-order valence-corrected chi connectivity index (χ1v) is 7.87. The van der Waals surface area contributed by atoms with Crippen molar-refractivity contribution >= 4 is 33.2 Å². The van der Waals surface area contributed by atoms with Crippen molar-refractivity contribution in [3.8, 4) is 0 Å². The lowest BCUT2D eigenvalue weighted by Crippen LogP contribution is -2.15. The van der Waals surface area contributed by atoms with Gasteiger partial charge in [0, 0.05) is 28.0 Å². The molecule has 0 saturated carbocycles. The highest BCUT2D eigenvalue weighted by molar-refractivity contribution is 9.10. The summed E-state index contributed by atoms with van der Waals surface area (Å²) in [6.45, 7) is 2.97. The zero-order valence-electron chi connectivity index (χ0n) is 11.9. The van der Waals surface area contributed by atoms with Crippen LogP contribution >= 0.6 is 15.9 Å². The van der Waals surface area contributed by atoms with E-state index in [0.717, 1.165) is 35.1 Å². The second-order valence-electron chi connectivity index (χ2n) is 5.32. The summed E-state index contributed by atoms with van der Waals surface area (Å²) in [5.41, 5.74) is 4.96. The lowest BCUT2D eigenvalue weighted by atomic mass is 10.0. The van der Waals surface area contributed by atoms with Gasteiger partial charge in [-0.2, -0.15) is 0 Å². The van der Waals surface area contributed by atoms with Gasteiger partial charge in [-0.25, -0.2) is 0 Å². The Balaban J connectivity index is 1.81. The molecule has 21 heavy (non-hydrogen) atoms. The van der Waals surface area contributed by atoms with Crippen molar-refractivity contribution in [2.24, 2.45) is 0 Å². The van der Waals surface area contributed by atoms with Gasteiger partial charge in [0.2, 0.25) is 0 Å². The van der Waals surface area contributed by atoms with E-state index in [1.54, 1.807) is 0 Å². The maximum Gasteiger partial charge on any atom is 0.255 e. The van der Waals surface area contributed by atoms with E-state index in [1.165, 1.54) is 11.3 Å². The van der Waals surface area contributed by atoms with Crippen molar-refractivity contribution in [1.29, 1.82) is 0 Å². The molecule has 0 saturated heterocycles. The Morgan fingerprint density at radius 2 is 2.10 bits per heavy atom. The molecular weight excluding hydrogens is 328 g/mol. The molecule has 0 aromatic heterocycles. The van der Waals surface area contributed by atoms with Crippen LogP contribution in [-0.2, 0) is 6.42 Å². The maximum atomic E-state index is 12.4. The van der Waals surface area contributed by atoms with Crippen LogP contribution < -0.4 is 10.6 Å². The third-order valence-corrected chi connectivity index (χ3v) is 4.23. The van der Waals surface area contributed by atoms with E-state index in [9.17, 15) is 4.79 Å². The van der Waals surface area contributed by atoms with Gasteiger partial charge in [0.25, 0.3) is 5.91 Å². The van der Waals surface area contributed by atoms with E-state index in [0.29, 0.717) is 5.56 Å². The SMILES string of the molecule is Cc1cc(Br)ccc1C(=O)Nc1ccc2c(c1)CCCN2. The van der Waals surface area contributed by atoms with Crippen molar-refractivity contribution in [3.63, 3.8) is 0 Å². The minimum atomic E-state index is -0.0660. The van der Waals surface area contributed by atoms with E-state index in [1.807, 2.05) is 37.3 Å². The quantitative estimate of drug-likeness (QED) is 0.849. The lowest BCUT2D eigenvalue weighted by molar-refractivity contribution is 0.102. The van der Waals surface area contributed by atoms with Crippen LogP contribution in [0.1, 0.15) is 27.9 Å². The van der Waals surface area contributed by atoms with Crippen molar-refractivity contribution in [1.82, 2.24) is 0 Å². The lowest BCUT2D eigenvalue weighted by Gasteiger charge is -2.19. The molecule has 1 amide bonds. The third-order valence-electron chi connectivity index (χ3n) is 3.73. The maximum absolute atomic E-state index is 12.4. The van der Waals surface area contributed by atoms with E-state index in [4.69, 9.17) is 0 Å². The number of benzene rings is 2. The molecule has 0 spiro atoms. The molecule has 3 rings (SSSR count). The molecule has 4 heteroatoms. The van der Waals surface area contributed by atoms with E-state index in [2.05, 4.69) is 32.6 Å². The van der Waals surface area contributed by atoms with Crippen molar-refractivity contribution in [3.05, 3.63) is 57.6 Å². The second-order valence-corrected chi connectivity index (χ2v) is 6.23. The van der Waals surface area contributed by atoms with Gasteiger partial charge < -0.3 is 10.6 Å². The van der Waals surface area contributed by atoms with Crippen LogP contribution in [0.5, 0.6) is 0 Å². The number of hydrogen-bond donors (Lipinski definition) is 2. The van der Waals surface area contributed by atoms with E-state index >= 15 is 0 Å². The Bertz CT molecular complexity index is 697. The van der Waals surface area contributed by atoms with Crippen LogP contribution in [0, 0.1) is 6.92 Å². The minimum Gasteiger partial charge on any atom is -0.385 e. The number of nitrogens with one attached hydrogen (secondary N) is 2. The van der Waals surface area contributed by atoms with Gasteiger partial charge in [0.15, 0.2) is 0 Å². The van der Waals surface area contributed by atoms with Gasteiger partial charge in [-0.15, -0.1) is 0 Å². The summed E-state index contributed by atoms with van der Waals surface area (Å²) in [5.74, 6) is -0.0660. The highest BCUT2D eigenvalue weighted by Crippen LogP contribution is 2.25. The summed E-state index contributed by atoms with van der Waals surface area (Å²) in [6.07, 6.45) is 2.19. The predicted octanol–water partition coefficient (Wildman–Crippen LogP) is 4.37. The Hall–Kier alpha value is -1.81. The molecule has 108 valence electrons. The number of amides is 1.